The Hall–Kier alpha value is 1.22. The molecule has 0 N–H and O–H groups in total. The molecule has 0 aromatic heterocycles. The van der Waals surface area contributed by atoms with E-state index in [1.54, 1.807) is 0 Å². The predicted octanol–water partition coefficient (Wildman–Crippen LogP) is 0.956. The van der Waals surface area contributed by atoms with Crippen molar-refractivity contribution in [1.82, 2.24) is 4.90 Å². The van der Waals surface area contributed by atoms with Crippen LogP contribution in [0.1, 0.15) is 13.8 Å². The summed E-state index contributed by atoms with van der Waals surface area (Å²) < 4.78 is 0. The SMILES string of the molecule is CC(C)N(C)C.[Ar]. The summed E-state index contributed by atoms with van der Waals surface area (Å²) in [6.07, 6.45) is 0. The molecule has 0 saturated heterocycles. The fourth-order valence-corrected chi connectivity index (χ4v) is 0. The molecule has 2 heteroatoms. The van der Waals surface area contributed by atoms with Crippen molar-refractivity contribution >= 4 is 0 Å². The van der Waals surface area contributed by atoms with Crippen LogP contribution in [0, 0.1) is 37.7 Å². The van der Waals surface area contributed by atoms with Gasteiger partial charge in [-0.1, -0.05) is 0 Å². The maximum Gasteiger partial charge on any atom is 0.00324 e. The van der Waals surface area contributed by atoms with Crippen molar-refractivity contribution in [3.05, 3.63) is 0 Å². The molecule has 0 radical (unpaired) electrons. The maximum absolute atomic E-state index is 2.17. The second kappa shape index (κ2) is 5.36. The Kier molecular flexibility index (Phi) is 8.48. The fourth-order valence-electron chi connectivity index (χ4n) is 0. The third-order valence-corrected chi connectivity index (χ3v) is 1.03. The van der Waals surface area contributed by atoms with Crippen LogP contribution in [0.2, 0.25) is 0 Å². The van der Waals surface area contributed by atoms with E-state index < -0.39 is 0 Å². The van der Waals surface area contributed by atoms with Crippen molar-refractivity contribution in [2.75, 3.05) is 14.1 Å². The van der Waals surface area contributed by atoms with Gasteiger partial charge in [0.05, 0.1) is 0 Å². The standard InChI is InChI=1S/C5H13N.Ar/c1-5(2)6(3)4;/h5H,1-4H3;. The molecule has 0 aromatic carbocycles. The molecule has 0 atom stereocenters. The van der Waals surface area contributed by atoms with Crippen LogP contribution >= 0.6 is 0 Å². The summed E-state index contributed by atoms with van der Waals surface area (Å²) in [5, 5.41) is 0. The minimum absolute atomic E-state index is 0. The smallest absolute Gasteiger partial charge is 0.00324 e. The van der Waals surface area contributed by atoms with Gasteiger partial charge in [-0.3, -0.25) is 0 Å². The molecule has 0 saturated carbocycles. The number of rotatable bonds is 1. The summed E-state index contributed by atoms with van der Waals surface area (Å²) in [7, 11) is 4.15. The first-order valence-corrected chi connectivity index (χ1v) is 2.31. The van der Waals surface area contributed by atoms with E-state index in [0.29, 0.717) is 6.04 Å². The molecule has 0 aromatic rings. The predicted molar refractivity (Wildman–Crippen MR) is 28.8 cm³/mol. The minimum atomic E-state index is 0. The van der Waals surface area contributed by atoms with E-state index in [9.17, 15) is 0 Å². The van der Waals surface area contributed by atoms with Crippen LogP contribution in [0.25, 0.3) is 0 Å². The number of hydrogen-bond donors (Lipinski definition) is 0. The molecule has 1 nitrogen and oxygen atoms in total. The third kappa shape index (κ3) is 7.22. The van der Waals surface area contributed by atoms with Gasteiger partial charge in [-0.2, -0.15) is 0 Å². The molecule has 0 spiro atoms. The van der Waals surface area contributed by atoms with E-state index in [-0.39, 0.29) is 37.7 Å². The molecular formula is C5H13ArN. The average molecular weight is 127 g/mol. The van der Waals surface area contributed by atoms with Crippen molar-refractivity contribution < 1.29 is 37.7 Å². The van der Waals surface area contributed by atoms with Crippen LogP contribution in [0.4, 0.5) is 0 Å². The van der Waals surface area contributed by atoms with E-state index in [1.807, 2.05) is 0 Å². The summed E-state index contributed by atoms with van der Waals surface area (Å²) in [5.41, 5.74) is 0. The number of hydrogen-bond acceptors (Lipinski definition) is 1. The fraction of sp³-hybridized carbons (Fsp3) is 1.00. The van der Waals surface area contributed by atoms with E-state index in [4.69, 9.17) is 0 Å². The molecule has 0 aliphatic heterocycles. The molecule has 46 valence electrons. The third-order valence-electron chi connectivity index (χ3n) is 1.03. The van der Waals surface area contributed by atoms with Crippen molar-refractivity contribution in [2.24, 2.45) is 0 Å². The van der Waals surface area contributed by atoms with E-state index >= 15 is 0 Å². The molecule has 0 fully saturated rings. The van der Waals surface area contributed by atoms with Gasteiger partial charge in [0.15, 0.2) is 0 Å². The van der Waals surface area contributed by atoms with Gasteiger partial charge in [-0.05, 0) is 27.9 Å². The van der Waals surface area contributed by atoms with Crippen LogP contribution in [-0.2, 0) is 0 Å². The molecule has 0 heterocycles. The van der Waals surface area contributed by atoms with E-state index in [0.717, 1.165) is 0 Å². The molecule has 0 aliphatic carbocycles. The first-order chi connectivity index (χ1) is 2.64. The van der Waals surface area contributed by atoms with Gasteiger partial charge in [-0.15, -0.1) is 0 Å². The van der Waals surface area contributed by atoms with Crippen molar-refractivity contribution in [3.8, 4) is 0 Å². The van der Waals surface area contributed by atoms with Crippen LogP contribution in [0.3, 0.4) is 0 Å². The van der Waals surface area contributed by atoms with Crippen molar-refractivity contribution in [2.45, 2.75) is 19.9 Å². The van der Waals surface area contributed by atoms with Gasteiger partial charge >= 0.3 is 0 Å². The van der Waals surface area contributed by atoms with Gasteiger partial charge in [-0.25, -0.2) is 0 Å². The molecule has 0 bridgehead atoms. The van der Waals surface area contributed by atoms with Gasteiger partial charge in [0, 0.05) is 43.8 Å². The Balaban J connectivity index is 0. The zero-order chi connectivity index (χ0) is 5.15. The largest absolute Gasteiger partial charge is 0.307 e. The summed E-state index contributed by atoms with van der Waals surface area (Å²) in [5.74, 6) is 0. The van der Waals surface area contributed by atoms with Gasteiger partial charge in [0.2, 0.25) is 0 Å². The Bertz CT molecular complexity index is 29.1. The van der Waals surface area contributed by atoms with Crippen molar-refractivity contribution in [3.63, 3.8) is 0 Å². The summed E-state index contributed by atoms with van der Waals surface area (Å²) in [4.78, 5) is 2.17. The summed E-state index contributed by atoms with van der Waals surface area (Å²) >= 11 is 0. The zero-order valence-corrected chi connectivity index (χ0v) is 6.09. The molecular weight excluding hydrogens is 114 g/mol. The van der Waals surface area contributed by atoms with E-state index in [1.165, 1.54) is 0 Å². The van der Waals surface area contributed by atoms with Crippen LogP contribution in [-0.4, -0.2) is 25.0 Å². The Morgan fingerprint density at radius 1 is 1.14 bits per heavy atom. The number of nitrogens with zero attached hydrogens (tertiary/aromatic N) is 1. The zero-order valence-electron chi connectivity index (χ0n) is 5.38. The summed E-state index contributed by atoms with van der Waals surface area (Å²) in [6, 6.07) is 0.685. The minimum Gasteiger partial charge on any atom is -0.307 e. The monoisotopic (exact) mass is 127 g/mol. The molecule has 0 amide bonds. The topological polar surface area (TPSA) is 3.24 Å². The molecule has 0 aliphatic rings. The maximum atomic E-state index is 2.17. The first-order valence-electron chi connectivity index (χ1n) is 2.31. The molecule has 7 heavy (non-hydrogen) atoms. The Morgan fingerprint density at radius 3 is 1.29 bits per heavy atom. The normalized spacial score (nSPS) is 9.43. The average Bonchev–Trinajstić information content (AvgIpc) is 1.36. The van der Waals surface area contributed by atoms with Gasteiger partial charge in [0.25, 0.3) is 0 Å². The van der Waals surface area contributed by atoms with Crippen molar-refractivity contribution in [1.29, 1.82) is 0 Å². The summed E-state index contributed by atoms with van der Waals surface area (Å²) in [6.45, 7) is 4.33. The second-order valence-electron chi connectivity index (χ2n) is 2.06. The Morgan fingerprint density at radius 2 is 1.29 bits per heavy atom. The Labute approximate surface area is 76.1 Å². The molecule has 0 unspecified atom stereocenters. The quantitative estimate of drug-likeness (QED) is 0.507. The van der Waals surface area contributed by atoms with Crippen LogP contribution < -0.4 is 0 Å². The molecule has 0 rings (SSSR count). The van der Waals surface area contributed by atoms with Gasteiger partial charge in [0.1, 0.15) is 0 Å². The first kappa shape index (κ1) is 11.1. The van der Waals surface area contributed by atoms with E-state index in [2.05, 4.69) is 32.8 Å². The van der Waals surface area contributed by atoms with Gasteiger partial charge < -0.3 is 4.90 Å². The second-order valence-corrected chi connectivity index (χ2v) is 2.06. The van der Waals surface area contributed by atoms with Crippen LogP contribution in [0.15, 0.2) is 0 Å². The van der Waals surface area contributed by atoms with Crippen LogP contribution in [0.5, 0.6) is 0 Å².